The fraction of sp³-hybridized carbons (Fsp3) is 0.214. The van der Waals surface area contributed by atoms with Gasteiger partial charge < -0.3 is 10.6 Å². The summed E-state index contributed by atoms with van der Waals surface area (Å²) >= 11 is 0. The van der Waals surface area contributed by atoms with Crippen LogP contribution in [0.3, 0.4) is 0 Å². The van der Waals surface area contributed by atoms with E-state index in [0.29, 0.717) is 5.69 Å². The molecule has 24 heavy (non-hydrogen) atoms. The number of amides is 4. The largest absolute Gasteiger partial charge is 0.348 e. The van der Waals surface area contributed by atoms with Crippen LogP contribution in [0.15, 0.2) is 30.5 Å². The van der Waals surface area contributed by atoms with Crippen molar-refractivity contribution in [1.29, 1.82) is 0 Å². The van der Waals surface area contributed by atoms with Crippen LogP contribution in [0.4, 0.5) is 9.18 Å². The fourth-order valence-electron chi connectivity index (χ4n) is 2.12. The summed E-state index contributed by atoms with van der Waals surface area (Å²) in [4.78, 5) is 36.1. The fourth-order valence-corrected chi connectivity index (χ4v) is 2.12. The first-order valence-electron chi connectivity index (χ1n) is 6.97. The zero-order valence-electron chi connectivity index (χ0n) is 12.5. The van der Waals surface area contributed by atoms with Crippen molar-refractivity contribution in [3.05, 3.63) is 42.0 Å². The zero-order valence-corrected chi connectivity index (χ0v) is 12.5. The lowest BCUT2D eigenvalue weighted by Crippen LogP contribution is -2.52. The van der Waals surface area contributed by atoms with Gasteiger partial charge in [-0.05, 0) is 31.2 Å². The van der Waals surface area contributed by atoms with Gasteiger partial charge in [-0.2, -0.15) is 9.90 Å². The third kappa shape index (κ3) is 2.93. The van der Waals surface area contributed by atoms with E-state index >= 15 is 0 Å². The summed E-state index contributed by atoms with van der Waals surface area (Å²) in [5.74, 6) is -1.48. The van der Waals surface area contributed by atoms with Gasteiger partial charge in [0.15, 0.2) is 5.69 Å². The van der Waals surface area contributed by atoms with Crippen molar-refractivity contribution in [1.82, 2.24) is 30.9 Å². The molecule has 10 heteroatoms. The van der Waals surface area contributed by atoms with Gasteiger partial charge in [0.25, 0.3) is 11.8 Å². The topological polar surface area (TPSA) is 118 Å². The molecule has 1 aromatic carbocycles. The minimum Gasteiger partial charge on any atom is -0.348 e. The van der Waals surface area contributed by atoms with E-state index in [4.69, 9.17) is 0 Å². The Bertz CT molecular complexity index is 818. The normalized spacial score (nSPS) is 19.8. The van der Waals surface area contributed by atoms with E-state index in [9.17, 15) is 18.8 Å². The first-order valence-corrected chi connectivity index (χ1v) is 6.97. The number of aromatic nitrogens is 3. The number of rotatable bonds is 4. The predicted octanol–water partition coefficient (Wildman–Crippen LogP) is -0.266. The van der Waals surface area contributed by atoms with Crippen molar-refractivity contribution in [2.75, 3.05) is 6.54 Å². The number of nitrogens with zero attached hydrogens (tertiary/aromatic N) is 3. The van der Waals surface area contributed by atoms with Gasteiger partial charge in [0.05, 0.1) is 11.9 Å². The number of carbonyl (C=O) groups excluding carboxylic acids is 3. The van der Waals surface area contributed by atoms with Crippen molar-refractivity contribution in [3.8, 4) is 5.69 Å². The molecule has 124 valence electrons. The first-order chi connectivity index (χ1) is 11.4. The first kappa shape index (κ1) is 15.6. The van der Waals surface area contributed by atoms with Crippen molar-refractivity contribution in [3.63, 3.8) is 0 Å². The van der Waals surface area contributed by atoms with Crippen LogP contribution in [0, 0.1) is 5.82 Å². The number of halogens is 1. The monoisotopic (exact) mass is 332 g/mol. The average Bonchev–Trinajstić information content (AvgIpc) is 3.11. The summed E-state index contributed by atoms with van der Waals surface area (Å²) in [5, 5.41) is 15.0. The number of benzene rings is 1. The summed E-state index contributed by atoms with van der Waals surface area (Å²) in [5.41, 5.74) is -0.711. The molecule has 1 atom stereocenters. The standard InChI is InChI=1S/C14H13FN6O3/c1-14(12(23)18-13(24)19-14)7-16-11(22)10-6-17-21(20-10)9-4-2-8(15)3-5-9/h2-6H,7H2,1H3,(H,16,22)(H2,18,19,23,24). The molecule has 0 spiro atoms. The highest BCUT2D eigenvalue weighted by atomic mass is 19.1. The summed E-state index contributed by atoms with van der Waals surface area (Å²) in [6, 6.07) is 4.83. The van der Waals surface area contributed by atoms with Gasteiger partial charge in [0.2, 0.25) is 0 Å². The Kier molecular flexibility index (Phi) is 3.72. The molecule has 2 heterocycles. The maximum Gasteiger partial charge on any atom is 0.322 e. The highest BCUT2D eigenvalue weighted by Crippen LogP contribution is 2.09. The lowest BCUT2D eigenvalue weighted by Gasteiger charge is -2.20. The quantitative estimate of drug-likeness (QED) is 0.666. The van der Waals surface area contributed by atoms with Crippen molar-refractivity contribution in [2.45, 2.75) is 12.5 Å². The third-order valence-corrected chi connectivity index (χ3v) is 3.50. The minimum absolute atomic E-state index is 0.0210. The highest BCUT2D eigenvalue weighted by Gasteiger charge is 2.42. The number of carbonyl (C=O) groups is 3. The Morgan fingerprint density at radius 2 is 2.04 bits per heavy atom. The number of urea groups is 1. The molecule has 9 nitrogen and oxygen atoms in total. The number of nitrogens with one attached hydrogen (secondary N) is 3. The molecule has 1 saturated heterocycles. The molecule has 3 N–H and O–H groups in total. The molecule has 3 rings (SSSR count). The van der Waals surface area contributed by atoms with E-state index in [1.165, 1.54) is 42.2 Å². The molecular weight excluding hydrogens is 319 g/mol. The Morgan fingerprint density at radius 3 is 2.67 bits per heavy atom. The summed E-state index contributed by atoms with van der Waals surface area (Å²) in [7, 11) is 0. The predicted molar refractivity (Wildman–Crippen MR) is 78.7 cm³/mol. The van der Waals surface area contributed by atoms with E-state index in [2.05, 4.69) is 26.1 Å². The smallest absolute Gasteiger partial charge is 0.322 e. The minimum atomic E-state index is -1.22. The van der Waals surface area contributed by atoms with E-state index in [0.717, 1.165) is 0 Å². The molecule has 0 bridgehead atoms. The maximum atomic E-state index is 12.9. The number of hydrogen-bond donors (Lipinski definition) is 3. The van der Waals surface area contributed by atoms with Crippen LogP contribution < -0.4 is 16.0 Å². The molecule has 1 aromatic heterocycles. The Labute approximate surface area is 135 Å². The van der Waals surface area contributed by atoms with Gasteiger partial charge in [-0.25, -0.2) is 9.18 Å². The van der Waals surface area contributed by atoms with E-state index in [-0.39, 0.29) is 12.2 Å². The molecule has 4 amide bonds. The van der Waals surface area contributed by atoms with Gasteiger partial charge >= 0.3 is 6.03 Å². The van der Waals surface area contributed by atoms with Gasteiger partial charge in [-0.3, -0.25) is 14.9 Å². The molecule has 0 saturated carbocycles. The van der Waals surface area contributed by atoms with Crippen molar-refractivity contribution >= 4 is 17.8 Å². The van der Waals surface area contributed by atoms with Crippen LogP contribution in [-0.2, 0) is 4.79 Å². The van der Waals surface area contributed by atoms with E-state index in [1.54, 1.807) is 0 Å². The van der Waals surface area contributed by atoms with Gasteiger partial charge in [-0.15, -0.1) is 5.10 Å². The second-order valence-electron chi connectivity index (χ2n) is 5.42. The second-order valence-corrected chi connectivity index (χ2v) is 5.42. The second kappa shape index (κ2) is 5.72. The van der Waals surface area contributed by atoms with E-state index < -0.39 is 29.2 Å². The van der Waals surface area contributed by atoms with Crippen LogP contribution in [0.5, 0.6) is 0 Å². The molecule has 0 radical (unpaired) electrons. The molecular formula is C14H13FN6O3. The van der Waals surface area contributed by atoms with Crippen LogP contribution in [-0.4, -0.2) is 44.9 Å². The number of imide groups is 1. The molecule has 2 aromatic rings. The molecule has 1 aliphatic heterocycles. The SMILES string of the molecule is CC1(CNC(=O)c2cnn(-c3ccc(F)cc3)n2)NC(=O)NC1=O. The Balaban J connectivity index is 1.67. The summed E-state index contributed by atoms with van der Waals surface area (Å²) < 4.78 is 12.9. The zero-order chi connectivity index (χ0) is 17.3. The van der Waals surface area contributed by atoms with Crippen LogP contribution >= 0.6 is 0 Å². The average molecular weight is 332 g/mol. The lowest BCUT2D eigenvalue weighted by molar-refractivity contribution is -0.123. The molecule has 1 fully saturated rings. The van der Waals surface area contributed by atoms with Crippen LogP contribution in [0.2, 0.25) is 0 Å². The van der Waals surface area contributed by atoms with Gasteiger partial charge in [0.1, 0.15) is 11.4 Å². The van der Waals surface area contributed by atoms with Gasteiger partial charge in [0, 0.05) is 6.54 Å². The highest BCUT2D eigenvalue weighted by molar-refractivity contribution is 6.07. The lowest BCUT2D eigenvalue weighted by atomic mass is 10.0. The maximum absolute atomic E-state index is 12.9. The summed E-state index contributed by atoms with van der Waals surface area (Å²) in [6.45, 7) is 1.38. The Morgan fingerprint density at radius 1 is 1.33 bits per heavy atom. The summed E-state index contributed by atoms with van der Waals surface area (Å²) in [6.07, 6.45) is 1.24. The van der Waals surface area contributed by atoms with Crippen LogP contribution in [0.1, 0.15) is 17.4 Å². The molecule has 0 aliphatic carbocycles. The molecule has 1 unspecified atom stereocenters. The molecule has 1 aliphatic rings. The van der Waals surface area contributed by atoms with Crippen LogP contribution in [0.25, 0.3) is 5.69 Å². The van der Waals surface area contributed by atoms with Gasteiger partial charge in [-0.1, -0.05) is 0 Å². The van der Waals surface area contributed by atoms with Crippen molar-refractivity contribution < 1.29 is 18.8 Å². The Hall–Kier alpha value is -3.30. The third-order valence-electron chi connectivity index (χ3n) is 3.50. The van der Waals surface area contributed by atoms with E-state index in [1.807, 2.05) is 0 Å². The van der Waals surface area contributed by atoms with Crippen molar-refractivity contribution in [2.24, 2.45) is 0 Å². The number of hydrogen-bond acceptors (Lipinski definition) is 5.